The maximum Gasteiger partial charge on any atom is 0.409 e. The molecule has 1 nitrogen and oxygen atoms in total. The van der Waals surface area contributed by atoms with Gasteiger partial charge in [-0.1, -0.05) is 6.08 Å². The van der Waals surface area contributed by atoms with Gasteiger partial charge < -0.3 is 0 Å². The minimum atomic E-state index is -4.22. The highest BCUT2D eigenvalue weighted by atomic mass is 19.4. The largest absolute Gasteiger partial charge is 0.409 e. The van der Waals surface area contributed by atoms with Crippen LogP contribution in [0.25, 0.3) is 0 Å². The van der Waals surface area contributed by atoms with E-state index >= 15 is 0 Å². The molecule has 0 fully saturated rings. The topological polar surface area (TPSA) is 23.8 Å². The Bertz CT molecular complexity index is 164. The highest BCUT2D eigenvalue weighted by molar-refractivity contribution is 4.89. The summed E-state index contributed by atoms with van der Waals surface area (Å²) in [5, 5.41) is 8.03. The van der Waals surface area contributed by atoms with Gasteiger partial charge in [-0.3, -0.25) is 0 Å². The van der Waals surface area contributed by atoms with E-state index in [1.165, 1.54) is 0 Å². The van der Waals surface area contributed by atoms with Gasteiger partial charge in [-0.05, 0) is 12.8 Å². The molecule has 0 saturated carbocycles. The smallest absolute Gasteiger partial charge is 0.198 e. The molecular weight excluding hydrogens is 155 g/mol. The number of hydrogen-bond acceptors (Lipinski definition) is 1. The molecule has 0 N–H and O–H groups in total. The van der Waals surface area contributed by atoms with E-state index < -0.39 is 6.18 Å². The summed E-state index contributed by atoms with van der Waals surface area (Å²) in [6, 6.07) is 1.85. The number of nitriles is 1. The number of rotatable bonds is 3. The number of alkyl halides is 3. The van der Waals surface area contributed by atoms with Crippen LogP contribution in [0.1, 0.15) is 19.3 Å². The van der Waals surface area contributed by atoms with E-state index in [4.69, 9.17) is 5.26 Å². The maximum atomic E-state index is 11.4. The SMILES string of the molecule is N#CCCCC=CC(F)(F)F. The van der Waals surface area contributed by atoms with Crippen LogP contribution in [0.5, 0.6) is 0 Å². The third-order valence-electron chi connectivity index (χ3n) is 0.966. The van der Waals surface area contributed by atoms with Crippen molar-refractivity contribution in [1.82, 2.24) is 0 Å². The monoisotopic (exact) mass is 163 g/mol. The predicted octanol–water partition coefficient (Wildman–Crippen LogP) is 2.80. The highest BCUT2D eigenvalue weighted by Gasteiger charge is 2.21. The molecule has 0 rings (SSSR count). The number of allylic oxidation sites excluding steroid dienone is 2. The fraction of sp³-hybridized carbons (Fsp3) is 0.571. The van der Waals surface area contributed by atoms with Crippen molar-refractivity contribution in [2.75, 3.05) is 0 Å². The van der Waals surface area contributed by atoms with Gasteiger partial charge in [-0.15, -0.1) is 0 Å². The van der Waals surface area contributed by atoms with Crippen molar-refractivity contribution in [3.05, 3.63) is 12.2 Å². The molecule has 0 radical (unpaired) electrons. The molecule has 0 spiro atoms. The molecule has 0 aromatic rings. The Balaban J connectivity index is 3.40. The van der Waals surface area contributed by atoms with Gasteiger partial charge >= 0.3 is 6.18 Å². The number of halogens is 3. The van der Waals surface area contributed by atoms with Gasteiger partial charge in [0.15, 0.2) is 0 Å². The van der Waals surface area contributed by atoms with E-state index in [1.54, 1.807) is 0 Å². The highest BCUT2D eigenvalue weighted by Crippen LogP contribution is 2.16. The van der Waals surface area contributed by atoms with Crippen LogP contribution in [0.2, 0.25) is 0 Å². The molecule has 0 aliphatic carbocycles. The molecule has 0 aromatic carbocycles. The van der Waals surface area contributed by atoms with Crippen LogP contribution in [0.3, 0.4) is 0 Å². The third-order valence-corrected chi connectivity index (χ3v) is 0.966. The van der Waals surface area contributed by atoms with E-state index in [0.29, 0.717) is 19.3 Å². The van der Waals surface area contributed by atoms with E-state index in [2.05, 4.69) is 0 Å². The molecule has 0 bridgehead atoms. The molecule has 0 amide bonds. The molecule has 0 atom stereocenters. The van der Waals surface area contributed by atoms with Gasteiger partial charge in [0, 0.05) is 12.5 Å². The molecule has 62 valence electrons. The molecule has 0 saturated heterocycles. The Labute approximate surface area is 63.1 Å². The molecule has 11 heavy (non-hydrogen) atoms. The van der Waals surface area contributed by atoms with E-state index in [-0.39, 0.29) is 6.08 Å². The lowest BCUT2D eigenvalue weighted by Crippen LogP contribution is -2.00. The Hall–Kier alpha value is -0.980. The summed E-state index contributed by atoms with van der Waals surface area (Å²) in [5.74, 6) is 0. The quantitative estimate of drug-likeness (QED) is 0.463. The van der Waals surface area contributed by atoms with Gasteiger partial charge in [0.25, 0.3) is 0 Å². The molecule has 0 unspecified atom stereocenters. The predicted molar refractivity (Wildman–Crippen MR) is 34.7 cm³/mol. The average Bonchev–Trinajstić information content (AvgIpc) is 1.85. The van der Waals surface area contributed by atoms with Crippen molar-refractivity contribution in [2.45, 2.75) is 25.4 Å². The maximum absolute atomic E-state index is 11.4. The minimum Gasteiger partial charge on any atom is -0.198 e. The zero-order valence-electron chi connectivity index (χ0n) is 5.86. The van der Waals surface area contributed by atoms with Gasteiger partial charge in [-0.2, -0.15) is 18.4 Å². The minimum absolute atomic E-state index is 0.199. The van der Waals surface area contributed by atoms with Gasteiger partial charge in [0.2, 0.25) is 0 Å². The summed E-state index contributed by atoms with van der Waals surface area (Å²) in [6.45, 7) is 0. The van der Waals surface area contributed by atoms with Gasteiger partial charge in [0.05, 0.1) is 6.07 Å². The summed E-state index contributed by atoms with van der Waals surface area (Å²) in [6.07, 6.45) is -1.87. The lowest BCUT2D eigenvalue weighted by molar-refractivity contribution is -0.0800. The van der Waals surface area contributed by atoms with Crippen LogP contribution in [-0.4, -0.2) is 6.18 Å². The standard InChI is InChI=1S/C7H8F3N/c8-7(9,10)5-3-1-2-4-6-11/h3,5H,1-2,4H2. The van der Waals surface area contributed by atoms with Crippen molar-refractivity contribution in [1.29, 1.82) is 5.26 Å². The Morgan fingerprint density at radius 3 is 2.45 bits per heavy atom. The lowest BCUT2D eigenvalue weighted by Gasteiger charge is -1.95. The molecular formula is C7H8F3N. The molecule has 0 aromatic heterocycles. The summed E-state index contributed by atoms with van der Waals surface area (Å²) in [4.78, 5) is 0. The molecule has 0 aliphatic heterocycles. The van der Waals surface area contributed by atoms with Crippen LogP contribution in [0, 0.1) is 11.3 Å². The van der Waals surface area contributed by atoms with Crippen LogP contribution in [0.15, 0.2) is 12.2 Å². The first-order chi connectivity index (χ1) is 5.06. The second kappa shape index (κ2) is 4.78. The first-order valence-electron chi connectivity index (χ1n) is 3.17. The van der Waals surface area contributed by atoms with Crippen LogP contribution in [-0.2, 0) is 0 Å². The van der Waals surface area contributed by atoms with Crippen molar-refractivity contribution < 1.29 is 13.2 Å². The zero-order chi connectivity index (χ0) is 8.74. The molecule has 4 heteroatoms. The second-order valence-electron chi connectivity index (χ2n) is 1.99. The van der Waals surface area contributed by atoms with E-state index in [9.17, 15) is 13.2 Å². The van der Waals surface area contributed by atoms with Crippen LogP contribution in [0.4, 0.5) is 13.2 Å². The van der Waals surface area contributed by atoms with Crippen molar-refractivity contribution in [2.24, 2.45) is 0 Å². The average molecular weight is 163 g/mol. The lowest BCUT2D eigenvalue weighted by atomic mass is 10.2. The Morgan fingerprint density at radius 2 is 2.00 bits per heavy atom. The zero-order valence-corrected chi connectivity index (χ0v) is 5.86. The number of nitrogens with zero attached hydrogens (tertiary/aromatic N) is 1. The van der Waals surface area contributed by atoms with Gasteiger partial charge in [-0.25, -0.2) is 0 Å². The van der Waals surface area contributed by atoms with Crippen molar-refractivity contribution in [3.8, 4) is 6.07 Å². The second-order valence-corrected chi connectivity index (χ2v) is 1.99. The number of unbranched alkanes of at least 4 members (excludes halogenated alkanes) is 2. The van der Waals surface area contributed by atoms with Crippen molar-refractivity contribution in [3.63, 3.8) is 0 Å². The normalized spacial score (nSPS) is 11.8. The fourth-order valence-corrected chi connectivity index (χ4v) is 0.516. The first kappa shape index (κ1) is 10.0. The summed E-state index contributed by atoms with van der Waals surface area (Å²) >= 11 is 0. The van der Waals surface area contributed by atoms with Crippen LogP contribution < -0.4 is 0 Å². The van der Waals surface area contributed by atoms with Crippen LogP contribution >= 0.6 is 0 Å². The third kappa shape index (κ3) is 9.02. The fourth-order valence-electron chi connectivity index (χ4n) is 0.516. The summed E-state index contributed by atoms with van der Waals surface area (Å²) in [5.41, 5.74) is 0. The first-order valence-corrected chi connectivity index (χ1v) is 3.17. The van der Waals surface area contributed by atoms with Gasteiger partial charge in [0.1, 0.15) is 0 Å². The van der Waals surface area contributed by atoms with E-state index in [0.717, 1.165) is 6.08 Å². The molecule has 0 heterocycles. The summed E-state index contributed by atoms with van der Waals surface area (Å²) < 4.78 is 34.2. The summed E-state index contributed by atoms with van der Waals surface area (Å²) in [7, 11) is 0. The number of hydrogen-bond donors (Lipinski definition) is 0. The Morgan fingerprint density at radius 1 is 1.36 bits per heavy atom. The van der Waals surface area contributed by atoms with E-state index in [1.807, 2.05) is 6.07 Å². The van der Waals surface area contributed by atoms with Crippen molar-refractivity contribution >= 4 is 0 Å². The molecule has 0 aliphatic rings. The Kier molecular flexibility index (Phi) is 4.35.